The second kappa shape index (κ2) is 8.39. The molecule has 1 aromatic carbocycles. The number of ether oxygens (including phenoxy) is 1. The molecule has 1 rings (SSSR count). The monoisotopic (exact) mass is 295 g/mol. The lowest BCUT2D eigenvalue weighted by Crippen LogP contribution is -2.38. The Morgan fingerprint density at radius 1 is 1.38 bits per heavy atom. The van der Waals surface area contributed by atoms with Gasteiger partial charge in [0.2, 0.25) is 0 Å². The van der Waals surface area contributed by atoms with Crippen LogP contribution in [0.15, 0.2) is 18.2 Å². The van der Waals surface area contributed by atoms with Gasteiger partial charge < -0.3 is 20.3 Å². The Kier molecular flexibility index (Phi) is 6.84. The highest BCUT2D eigenvalue weighted by Crippen LogP contribution is 2.20. The van der Waals surface area contributed by atoms with Gasteiger partial charge in [-0.1, -0.05) is 0 Å². The van der Waals surface area contributed by atoms with E-state index in [0.717, 1.165) is 5.56 Å². The number of carboxylic acid groups (broad SMARTS) is 1. The standard InChI is InChI=1S/C15H21NO5/c1-10-9-11(3-5-13(10)21-2)15(20)12(16-7-8-17)4-6-14(18)19/h3,5,9,12,16-17H,4,6-8H2,1-2H3,(H,18,19). The maximum absolute atomic E-state index is 12.4. The summed E-state index contributed by atoms with van der Waals surface area (Å²) in [4.78, 5) is 23.1. The van der Waals surface area contributed by atoms with E-state index in [1.807, 2.05) is 6.92 Å². The molecule has 6 nitrogen and oxygen atoms in total. The summed E-state index contributed by atoms with van der Waals surface area (Å²) in [6.45, 7) is 1.96. The molecule has 0 aromatic heterocycles. The van der Waals surface area contributed by atoms with Gasteiger partial charge in [-0.05, 0) is 37.1 Å². The van der Waals surface area contributed by atoms with E-state index in [1.165, 1.54) is 0 Å². The maximum Gasteiger partial charge on any atom is 0.303 e. The van der Waals surface area contributed by atoms with Crippen LogP contribution in [0.3, 0.4) is 0 Å². The van der Waals surface area contributed by atoms with Crippen molar-refractivity contribution in [3.63, 3.8) is 0 Å². The minimum atomic E-state index is -0.954. The second-order valence-corrected chi connectivity index (χ2v) is 4.71. The van der Waals surface area contributed by atoms with Crippen molar-refractivity contribution in [3.05, 3.63) is 29.3 Å². The molecule has 0 aliphatic heterocycles. The van der Waals surface area contributed by atoms with Gasteiger partial charge in [0.1, 0.15) is 5.75 Å². The van der Waals surface area contributed by atoms with E-state index in [4.69, 9.17) is 14.9 Å². The van der Waals surface area contributed by atoms with Crippen molar-refractivity contribution >= 4 is 11.8 Å². The molecule has 1 unspecified atom stereocenters. The predicted octanol–water partition coefficient (Wildman–Crippen LogP) is 1.00. The maximum atomic E-state index is 12.4. The first-order chi connectivity index (χ1) is 9.99. The highest BCUT2D eigenvalue weighted by Gasteiger charge is 2.21. The molecule has 0 aliphatic carbocycles. The van der Waals surface area contributed by atoms with E-state index < -0.39 is 12.0 Å². The number of carbonyl (C=O) groups excluding carboxylic acids is 1. The predicted molar refractivity (Wildman–Crippen MR) is 77.8 cm³/mol. The van der Waals surface area contributed by atoms with Gasteiger partial charge in [-0.15, -0.1) is 0 Å². The molecular formula is C15H21NO5. The summed E-state index contributed by atoms with van der Waals surface area (Å²) in [5.74, 6) is -0.447. The summed E-state index contributed by atoms with van der Waals surface area (Å²) >= 11 is 0. The number of nitrogens with one attached hydrogen (secondary N) is 1. The summed E-state index contributed by atoms with van der Waals surface area (Å²) in [6, 6.07) is 4.46. The van der Waals surface area contributed by atoms with Crippen molar-refractivity contribution in [2.75, 3.05) is 20.3 Å². The second-order valence-electron chi connectivity index (χ2n) is 4.71. The van der Waals surface area contributed by atoms with E-state index in [1.54, 1.807) is 25.3 Å². The van der Waals surface area contributed by atoms with Gasteiger partial charge in [0, 0.05) is 18.5 Å². The highest BCUT2D eigenvalue weighted by molar-refractivity contribution is 6.00. The van der Waals surface area contributed by atoms with Gasteiger partial charge in [-0.2, -0.15) is 0 Å². The summed E-state index contributed by atoms with van der Waals surface area (Å²) in [5.41, 5.74) is 1.33. The molecule has 0 amide bonds. The van der Waals surface area contributed by atoms with Gasteiger partial charge in [-0.3, -0.25) is 9.59 Å². The molecule has 0 fully saturated rings. The minimum absolute atomic E-state index is 0.107. The Bertz CT molecular complexity index is 501. The van der Waals surface area contributed by atoms with Gasteiger partial charge in [-0.25, -0.2) is 0 Å². The number of carbonyl (C=O) groups is 2. The zero-order valence-corrected chi connectivity index (χ0v) is 12.3. The Labute approximate surface area is 123 Å². The van der Waals surface area contributed by atoms with Crippen LogP contribution in [-0.2, 0) is 4.79 Å². The highest BCUT2D eigenvalue weighted by atomic mass is 16.5. The van der Waals surface area contributed by atoms with Crippen LogP contribution in [-0.4, -0.2) is 48.3 Å². The lowest BCUT2D eigenvalue weighted by molar-refractivity contribution is -0.137. The largest absolute Gasteiger partial charge is 0.496 e. The number of benzene rings is 1. The number of Topliss-reactive ketones (excluding diaryl/α,β-unsaturated/α-hetero) is 1. The first-order valence-corrected chi connectivity index (χ1v) is 6.74. The molecule has 0 radical (unpaired) electrons. The molecule has 3 N–H and O–H groups in total. The molecular weight excluding hydrogens is 274 g/mol. The molecule has 0 bridgehead atoms. The van der Waals surface area contributed by atoms with Crippen LogP contribution < -0.4 is 10.1 Å². The molecule has 0 spiro atoms. The number of ketones is 1. The number of aryl methyl sites for hydroxylation is 1. The third-order valence-corrected chi connectivity index (χ3v) is 3.15. The number of methoxy groups -OCH3 is 1. The van der Waals surface area contributed by atoms with Gasteiger partial charge in [0.15, 0.2) is 5.78 Å². The fourth-order valence-corrected chi connectivity index (χ4v) is 2.07. The first kappa shape index (κ1) is 17.1. The summed E-state index contributed by atoms with van der Waals surface area (Å²) < 4.78 is 5.15. The molecule has 0 saturated carbocycles. The number of hydrogen-bond donors (Lipinski definition) is 3. The molecule has 0 aliphatic rings. The molecule has 0 heterocycles. The summed E-state index contributed by atoms with van der Waals surface area (Å²) in [6.07, 6.45) is 0.0726. The van der Waals surface area contributed by atoms with Crippen LogP contribution in [0.1, 0.15) is 28.8 Å². The van der Waals surface area contributed by atoms with Gasteiger partial charge in [0.05, 0.1) is 19.8 Å². The van der Waals surface area contributed by atoms with Crippen LogP contribution in [0.25, 0.3) is 0 Å². The molecule has 116 valence electrons. The number of aliphatic hydroxyl groups is 1. The van der Waals surface area contributed by atoms with E-state index in [-0.39, 0.29) is 31.8 Å². The third kappa shape index (κ3) is 5.17. The van der Waals surface area contributed by atoms with Crippen molar-refractivity contribution in [1.82, 2.24) is 5.32 Å². The first-order valence-electron chi connectivity index (χ1n) is 6.74. The van der Waals surface area contributed by atoms with Gasteiger partial charge >= 0.3 is 5.97 Å². The number of aliphatic carboxylic acids is 1. The number of carboxylic acids is 1. The smallest absolute Gasteiger partial charge is 0.303 e. The lowest BCUT2D eigenvalue weighted by Gasteiger charge is -2.17. The average Bonchev–Trinajstić information content (AvgIpc) is 2.46. The lowest BCUT2D eigenvalue weighted by atomic mass is 9.98. The normalized spacial score (nSPS) is 12.0. The van der Waals surface area contributed by atoms with Crippen LogP contribution in [0.4, 0.5) is 0 Å². The van der Waals surface area contributed by atoms with Gasteiger partial charge in [0.25, 0.3) is 0 Å². The topological polar surface area (TPSA) is 95.9 Å². The fourth-order valence-electron chi connectivity index (χ4n) is 2.07. The number of hydrogen-bond acceptors (Lipinski definition) is 5. The Hall–Kier alpha value is -1.92. The van der Waals surface area contributed by atoms with E-state index >= 15 is 0 Å². The number of aliphatic hydroxyl groups excluding tert-OH is 1. The van der Waals surface area contributed by atoms with Crippen molar-refractivity contribution in [2.45, 2.75) is 25.8 Å². The van der Waals surface area contributed by atoms with E-state index in [9.17, 15) is 9.59 Å². The third-order valence-electron chi connectivity index (χ3n) is 3.15. The van der Waals surface area contributed by atoms with E-state index in [2.05, 4.69) is 5.32 Å². The van der Waals surface area contributed by atoms with Crippen LogP contribution in [0, 0.1) is 6.92 Å². The minimum Gasteiger partial charge on any atom is -0.496 e. The zero-order valence-electron chi connectivity index (χ0n) is 12.3. The molecule has 1 atom stereocenters. The van der Waals surface area contributed by atoms with E-state index in [0.29, 0.717) is 11.3 Å². The SMILES string of the molecule is COc1ccc(C(=O)C(CCC(=O)O)NCCO)cc1C. The summed E-state index contributed by atoms with van der Waals surface area (Å²) in [5, 5.41) is 20.5. The van der Waals surface area contributed by atoms with Crippen molar-refractivity contribution in [3.8, 4) is 5.75 Å². The molecule has 6 heteroatoms. The number of rotatable bonds is 9. The average molecular weight is 295 g/mol. The van der Waals surface area contributed by atoms with Crippen LogP contribution in [0.5, 0.6) is 5.75 Å². The molecule has 1 aromatic rings. The van der Waals surface area contributed by atoms with Crippen molar-refractivity contribution in [2.24, 2.45) is 0 Å². The quantitative estimate of drug-likeness (QED) is 0.588. The van der Waals surface area contributed by atoms with Crippen LogP contribution >= 0.6 is 0 Å². The fraction of sp³-hybridized carbons (Fsp3) is 0.467. The molecule has 21 heavy (non-hydrogen) atoms. The Morgan fingerprint density at radius 2 is 2.10 bits per heavy atom. The van der Waals surface area contributed by atoms with Crippen LogP contribution in [0.2, 0.25) is 0 Å². The molecule has 0 saturated heterocycles. The van der Waals surface area contributed by atoms with Crippen molar-refractivity contribution < 1.29 is 24.5 Å². The zero-order chi connectivity index (χ0) is 15.8. The van der Waals surface area contributed by atoms with Crippen molar-refractivity contribution in [1.29, 1.82) is 0 Å². The Balaban J connectivity index is 2.87. The summed E-state index contributed by atoms with van der Waals surface area (Å²) in [7, 11) is 1.56. The Morgan fingerprint density at radius 3 is 2.62 bits per heavy atom.